The Kier molecular flexibility index (Phi) is 5.35. The van der Waals surface area contributed by atoms with Crippen molar-refractivity contribution < 1.29 is 4.79 Å². The maximum Gasteiger partial charge on any atom is 0.270 e. The Balaban J connectivity index is 1.99. The highest BCUT2D eigenvalue weighted by Crippen LogP contribution is 2.13. The third-order valence-electron chi connectivity index (χ3n) is 2.81. The highest BCUT2D eigenvalue weighted by atomic mass is 35.5. The van der Waals surface area contributed by atoms with E-state index in [-0.39, 0.29) is 5.91 Å². The summed E-state index contributed by atoms with van der Waals surface area (Å²) < 4.78 is 0. The van der Waals surface area contributed by atoms with Gasteiger partial charge < -0.3 is 10.6 Å². The molecular weight excluding hydrogens is 286 g/mol. The van der Waals surface area contributed by atoms with Crippen LogP contribution in [0.3, 0.4) is 0 Å². The minimum Gasteiger partial charge on any atom is -0.381 e. The van der Waals surface area contributed by atoms with Gasteiger partial charge in [-0.15, -0.1) is 6.58 Å². The van der Waals surface area contributed by atoms with E-state index in [0.29, 0.717) is 23.8 Å². The van der Waals surface area contributed by atoms with Gasteiger partial charge in [0.2, 0.25) is 0 Å². The van der Waals surface area contributed by atoms with Gasteiger partial charge in [-0.25, -0.2) is 0 Å². The lowest BCUT2D eigenvalue weighted by atomic mass is 10.2. The molecule has 21 heavy (non-hydrogen) atoms. The molecule has 0 saturated carbocycles. The zero-order chi connectivity index (χ0) is 15.1. The van der Waals surface area contributed by atoms with E-state index in [0.717, 1.165) is 11.3 Å². The maximum absolute atomic E-state index is 11.8. The average Bonchev–Trinajstić information content (AvgIpc) is 2.52. The summed E-state index contributed by atoms with van der Waals surface area (Å²) in [6.07, 6.45) is 3.23. The summed E-state index contributed by atoms with van der Waals surface area (Å²) >= 11 is 5.85. The van der Waals surface area contributed by atoms with Crippen LogP contribution in [0.15, 0.2) is 55.3 Å². The van der Waals surface area contributed by atoms with Crippen LogP contribution in [-0.4, -0.2) is 17.4 Å². The second-order valence-corrected chi connectivity index (χ2v) is 4.84. The summed E-state index contributed by atoms with van der Waals surface area (Å²) in [5, 5.41) is 6.65. The molecule has 2 rings (SSSR count). The van der Waals surface area contributed by atoms with Gasteiger partial charge >= 0.3 is 0 Å². The van der Waals surface area contributed by atoms with Crippen LogP contribution in [0.4, 0.5) is 5.69 Å². The molecule has 108 valence electrons. The zero-order valence-electron chi connectivity index (χ0n) is 11.5. The fraction of sp³-hybridized carbons (Fsp3) is 0.125. The number of hydrogen-bond donors (Lipinski definition) is 2. The van der Waals surface area contributed by atoms with Crippen molar-refractivity contribution in [3.8, 4) is 0 Å². The van der Waals surface area contributed by atoms with Gasteiger partial charge in [0, 0.05) is 30.0 Å². The van der Waals surface area contributed by atoms with Gasteiger partial charge in [0.15, 0.2) is 0 Å². The van der Waals surface area contributed by atoms with Gasteiger partial charge in [-0.05, 0) is 29.8 Å². The fourth-order valence-electron chi connectivity index (χ4n) is 1.73. The van der Waals surface area contributed by atoms with E-state index >= 15 is 0 Å². The molecule has 2 N–H and O–H groups in total. The van der Waals surface area contributed by atoms with E-state index in [9.17, 15) is 4.79 Å². The first kappa shape index (κ1) is 15.1. The molecule has 0 spiro atoms. The minimum atomic E-state index is -0.218. The van der Waals surface area contributed by atoms with Crippen molar-refractivity contribution in [2.45, 2.75) is 6.54 Å². The van der Waals surface area contributed by atoms with E-state index in [2.05, 4.69) is 22.2 Å². The topological polar surface area (TPSA) is 54.0 Å². The predicted octanol–water partition coefficient (Wildman–Crippen LogP) is 3.26. The van der Waals surface area contributed by atoms with Crippen molar-refractivity contribution in [1.82, 2.24) is 10.3 Å². The van der Waals surface area contributed by atoms with Gasteiger partial charge in [-0.1, -0.05) is 29.8 Å². The highest BCUT2D eigenvalue weighted by molar-refractivity contribution is 6.30. The molecule has 1 aromatic heterocycles. The normalized spacial score (nSPS) is 9.95. The number of carbonyl (C=O) groups excluding carboxylic acids is 1. The van der Waals surface area contributed by atoms with Crippen LogP contribution >= 0.6 is 11.6 Å². The van der Waals surface area contributed by atoms with Crippen molar-refractivity contribution in [1.29, 1.82) is 0 Å². The van der Waals surface area contributed by atoms with E-state index in [1.807, 2.05) is 30.3 Å². The third kappa shape index (κ3) is 4.61. The summed E-state index contributed by atoms with van der Waals surface area (Å²) in [4.78, 5) is 15.9. The largest absolute Gasteiger partial charge is 0.381 e. The lowest BCUT2D eigenvalue weighted by molar-refractivity contribution is 0.0953. The molecule has 0 radical (unpaired) electrons. The summed E-state index contributed by atoms with van der Waals surface area (Å²) in [7, 11) is 0. The van der Waals surface area contributed by atoms with E-state index in [4.69, 9.17) is 11.6 Å². The zero-order valence-corrected chi connectivity index (χ0v) is 12.2. The van der Waals surface area contributed by atoms with Crippen molar-refractivity contribution in [3.05, 3.63) is 71.5 Å². The molecule has 0 atom stereocenters. The number of nitrogens with zero attached hydrogens (tertiary/aromatic N) is 1. The molecule has 0 fully saturated rings. The number of aromatic nitrogens is 1. The SMILES string of the molecule is C=CCNC(=O)c1cc(NCc2ccc(Cl)cc2)ccn1. The van der Waals surface area contributed by atoms with Gasteiger partial charge in [-0.2, -0.15) is 0 Å². The Morgan fingerprint density at radius 1 is 1.29 bits per heavy atom. The van der Waals surface area contributed by atoms with Gasteiger partial charge in [0.05, 0.1) is 0 Å². The Bertz CT molecular complexity index is 626. The number of anilines is 1. The number of pyridine rings is 1. The summed E-state index contributed by atoms with van der Waals surface area (Å²) in [5.74, 6) is -0.218. The quantitative estimate of drug-likeness (QED) is 0.805. The minimum absolute atomic E-state index is 0.218. The monoisotopic (exact) mass is 301 g/mol. The second kappa shape index (κ2) is 7.45. The van der Waals surface area contributed by atoms with Crippen molar-refractivity contribution in [2.24, 2.45) is 0 Å². The maximum atomic E-state index is 11.8. The summed E-state index contributed by atoms with van der Waals surface area (Å²) in [6, 6.07) is 11.1. The van der Waals surface area contributed by atoms with Crippen LogP contribution in [0.5, 0.6) is 0 Å². The van der Waals surface area contributed by atoms with Crippen LogP contribution in [0.2, 0.25) is 5.02 Å². The highest BCUT2D eigenvalue weighted by Gasteiger charge is 2.06. The van der Waals surface area contributed by atoms with Crippen LogP contribution in [-0.2, 0) is 6.54 Å². The van der Waals surface area contributed by atoms with Crippen molar-refractivity contribution >= 4 is 23.2 Å². The fourth-order valence-corrected chi connectivity index (χ4v) is 1.85. The molecule has 1 heterocycles. The molecule has 0 aliphatic carbocycles. The number of carbonyl (C=O) groups is 1. The molecule has 1 aromatic carbocycles. The van der Waals surface area contributed by atoms with Crippen molar-refractivity contribution in [3.63, 3.8) is 0 Å². The lowest BCUT2D eigenvalue weighted by Crippen LogP contribution is -2.24. The number of benzene rings is 1. The Labute approximate surface area is 128 Å². The van der Waals surface area contributed by atoms with Crippen LogP contribution in [0, 0.1) is 0 Å². The Morgan fingerprint density at radius 3 is 2.76 bits per heavy atom. The molecule has 0 bridgehead atoms. The average molecular weight is 302 g/mol. The molecule has 0 saturated heterocycles. The van der Waals surface area contributed by atoms with E-state index in [1.54, 1.807) is 18.3 Å². The Morgan fingerprint density at radius 2 is 2.05 bits per heavy atom. The van der Waals surface area contributed by atoms with E-state index in [1.165, 1.54) is 0 Å². The van der Waals surface area contributed by atoms with Gasteiger partial charge in [0.25, 0.3) is 5.91 Å². The predicted molar refractivity (Wildman–Crippen MR) is 85.5 cm³/mol. The molecule has 0 aliphatic rings. The van der Waals surface area contributed by atoms with Gasteiger partial charge in [-0.3, -0.25) is 9.78 Å². The number of hydrogen-bond acceptors (Lipinski definition) is 3. The third-order valence-corrected chi connectivity index (χ3v) is 3.06. The van der Waals surface area contributed by atoms with Crippen molar-refractivity contribution in [2.75, 3.05) is 11.9 Å². The molecule has 4 nitrogen and oxygen atoms in total. The molecule has 5 heteroatoms. The molecular formula is C16H16ClN3O. The smallest absolute Gasteiger partial charge is 0.270 e. The standard InChI is InChI=1S/C16H16ClN3O/c1-2-8-19-16(21)15-10-14(7-9-18-15)20-11-12-3-5-13(17)6-4-12/h2-7,9-10H,1,8,11H2,(H,18,20)(H,19,21). The first-order valence-corrected chi connectivity index (χ1v) is 6.90. The molecule has 1 amide bonds. The number of amides is 1. The first-order chi connectivity index (χ1) is 10.2. The number of rotatable bonds is 6. The lowest BCUT2D eigenvalue weighted by Gasteiger charge is -2.08. The molecule has 2 aromatic rings. The number of nitrogens with one attached hydrogen (secondary N) is 2. The first-order valence-electron chi connectivity index (χ1n) is 6.52. The van der Waals surface area contributed by atoms with Crippen LogP contribution in [0.25, 0.3) is 0 Å². The van der Waals surface area contributed by atoms with Crippen LogP contribution in [0.1, 0.15) is 16.1 Å². The van der Waals surface area contributed by atoms with E-state index < -0.39 is 0 Å². The van der Waals surface area contributed by atoms with Crippen LogP contribution < -0.4 is 10.6 Å². The Hall–Kier alpha value is -2.33. The summed E-state index contributed by atoms with van der Waals surface area (Å²) in [5.41, 5.74) is 2.32. The second-order valence-electron chi connectivity index (χ2n) is 4.41. The number of halogens is 1. The molecule has 0 aliphatic heterocycles. The van der Waals surface area contributed by atoms with Gasteiger partial charge in [0.1, 0.15) is 5.69 Å². The molecule has 0 unspecified atom stereocenters. The summed E-state index contributed by atoms with van der Waals surface area (Å²) in [6.45, 7) is 4.62.